The van der Waals surface area contributed by atoms with Crippen LogP contribution in [-0.2, 0) is 14.4 Å². The molecule has 0 heterocycles. The predicted molar refractivity (Wildman–Crippen MR) is 88.5 cm³/mol. The molecule has 5 N–H and O–H groups in total. The number of aliphatic carboxylic acids is 1. The van der Waals surface area contributed by atoms with Gasteiger partial charge >= 0.3 is 5.97 Å². The minimum Gasteiger partial charge on any atom is -0.480 e. The Morgan fingerprint density at radius 3 is 2.12 bits per heavy atom. The Morgan fingerprint density at radius 1 is 1.04 bits per heavy atom. The van der Waals surface area contributed by atoms with Crippen molar-refractivity contribution in [2.24, 2.45) is 5.92 Å². The van der Waals surface area contributed by atoms with Gasteiger partial charge in [-0.05, 0) is 39.3 Å². The van der Waals surface area contributed by atoms with Crippen LogP contribution >= 0.6 is 0 Å². The van der Waals surface area contributed by atoms with Crippen molar-refractivity contribution in [3.8, 4) is 0 Å². The Balaban J connectivity index is 4.15. The van der Waals surface area contributed by atoms with Gasteiger partial charge in [0.1, 0.15) is 12.6 Å². The summed E-state index contributed by atoms with van der Waals surface area (Å²) >= 11 is 0. The van der Waals surface area contributed by atoms with Crippen LogP contribution in [0.1, 0.15) is 33.1 Å². The van der Waals surface area contributed by atoms with Crippen LogP contribution < -0.4 is 16.1 Å². The second-order valence-corrected chi connectivity index (χ2v) is 6.23. The first kappa shape index (κ1) is 22.3. The van der Waals surface area contributed by atoms with Gasteiger partial charge < -0.3 is 20.9 Å². The highest BCUT2D eigenvalue weighted by molar-refractivity contribution is 5.85. The number of hydroxylamine groups is 1. The molecule has 0 fully saturated rings. The van der Waals surface area contributed by atoms with E-state index in [1.807, 2.05) is 19.3 Å². The molecule has 0 saturated carbocycles. The molecule has 9 heteroatoms. The second kappa shape index (κ2) is 11.8. The van der Waals surface area contributed by atoms with Crippen LogP contribution in [0, 0.1) is 5.92 Å². The number of unbranched alkanes of at least 4 members (excludes halogenated alkanes) is 1. The average Bonchev–Trinajstić information content (AvgIpc) is 2.48. The van der Waals surface area contributed by atoms with Crippen LogP contribution in [0.2, 0.25) is 0 Å². The zero-order valence-electron chi connectivity index (χ0n) is 14.8. The van der Waals surface area contributed by atoms with E-state index < -0.39 is 24.6 Å². The highest BCUT2D eigenvalue weighted by Gasteiger charge is 2.22. The number of carboxylic acid groups (broad SMARTS) is 1. The molecular weight excluding hydrogens is 316 g/mol. The number of nitrogens with one attached hydrogen (secondary N) is 3. The minimum atomic E-state index is -1.08. The number of nitrogens with zero attached hydrogens (tertiary/aromatic N) is 1. The number of likely N-dealkylation sites (N-methyl/N-ethyl adjacent to an activating group) is 1. The fourth-order valence-corrected chi connectivity index (χ4v) is 2.20. The summed E-state index contributed by atoms with van der Waals surface area (Å²) in [5.41, 5.74) is 1.99. The maximum atomic E-state index is 11.9. The molecule has 140 valence electrons. The lowest BCUT2D eigenvalue weighted by Gasteiger charge is -2.23. The molecule has 0 aliphatic rings. The normalized spacial score (nSPS) is 13.6. The molecular formula is C15H30N4O5. The summed E-state index contributed by atoms with van der Waals surface area (Å²) in [4.78, 5) is 36.0. The lowest BCUT2D eigenvalue weighted by Crippen LogP contribution is -2.46. The zero-order chi connectivity index (χ0) is 18.7. The quantitative estimate of drug-likeness (QED) is 0.236. The van der Waals surface area contributed by atoms with Gasteiger partial charge in [-0.15, -0.1) is 0 Å². The van der Waals surface area contributed by atoms with Gasteiger partial charge in [-0.1, -0.05) is 13.8 Å². The summed E-state index contributed by atoms with van der Waals surface area (Å²) in [6, 6.07) is -1.07. The van der Waals surface area contributed by atoms with E-state index in [2.05, 4.69) is 10.6 Å². The molecule has 2 atom stereocenters. The first-order chi connectivity index (χ1) is 11.2. The van der Waals surface area contributed by atoms with Crippen molar-refractivity contribution in [3.05, 3.63) is 0 Å². The molecule has 0 aromatic rings. The summed E-state index contributed by atoms with van der Waals surface area (Å²) in [7, 11) is 3.51. The Hall–Kier alpha value is -1.71. The molecule has 0 spiro atoms. The van der Waals surface area contributed by atoms with Crippen molar-refractivity contribution < 1.29 is 24.7 Å². The van der Waals surface area contributed by atoms with E-state index in [-0.39, 0.29) is 17.7 Å². The van der Waals surface area contributed by atoms with Crippen LogP contribution in [0.15, 0.2) is 0 Å². The molecule has 0 aromatic heterocycles. The van der Waals surface area contributed by atoms with Gasteiger partial charge in [-0.25, -0.2) is 0 Å². The molecule has 0 saturated heterocycles. The van der Waals surface area contributed by atoms with Gasteiger partial charge in [0.2, 0.25) is 11.8 Å². The van der Waals surface area contributed by atoms with Crippen LogP contribution in [0.4, 0.5) is 0 Å². The summed E-state index contributed by atoms with van der Waals surface area (Å²) in [6.07, 6.45) is 1.93. The van der Waals surface area contributed by atoms with Crippen LogP contribution in [-0.4, -0.2) is 72.3 Å². The standard InChI is InChI=1S/C15H30N4O5/c1-10(2)13(18-24)15(23)16-8-6-5-7-11(19(3)4)14(22)17-9-12(20)21/h10-11,13,18,24H,5-9H2,1-4H3,(H,16,23)(H,17,22)(H,20,21)/t11-,13+/m1/s1. The Morgan fingerprint density at radius 2 is 1.67 bits per heavy atom. The molecule has 0 unspecified atom stereocenters. The van der Waals surface area contributed by atoms with Crippen molar-refractivity contribution in [1.29, 1.82) is 0 Å². The fraction of sp³-hybridized carbons (Fsp3) is 0.800. The summed E-state index contributed by atoms with van der Waals surface area (Å²) < 4.78 is 0. The van der Waals surface area contributed by atoms with Crippen molar-refractivity contribution in [2.45, 2.75) is 45.2 Å². The van der Waals surface area contributed by atoms with E-state index in [4.69, 9.17) is 10.3 Å². The number of amides is 2. The first-order valence-electron chi connectivity index (χ1n) is 8.04. The van der Waals surface area contributed by atoms with Gasteiger partial charge in [0.05, 0.1) is 6.04 Å². The topological polar surface area (TPSA) is 131 Å². The molecule has 0 rings (SSSR count). The Bertz CT molecular complexity index is 415. The SMILES string of the molecule is CC(C)[C@H](NO)C(=O)NCCCC[C@H](C(=O)NCC(=O)O)N(C)C. The van der Waals surface area contributed by atoms with Gasteiger partial charge in [0, 0.05) is 6.54 Å². The molecule has 24 heavy (non-hydrogen) atoms. The van der Waals surface area contributed by atoms with E-state index in [9.17, 15) is 14.4 Å². The third-order valence-corrected chi connectivity index (χ3v) is 3.63. The average molecular weight is 346 g/mol. The molecule has 0 bridgehead atoms. The lowest BCUT2D eigenvalue weighted by molar-refractivity contribution is -0.138. The summed E-state index contributed by atoms with van der Waals surface area (Å²) in [5, 5.41) is 22.7. The van der Waals surface area contributed by atoms with E-state index in [1.165, 1.54) is 0 Å². The largest absolute Gasteiger partial charge is 0.480 e. The highest BCUT2D eigenvalue weighted by atomic mass is 16.5. The van der Waals surface area contributed by atoms with Crippen molar-refractivity contribution in [2.75, 3.05) is 27.2 Å². The highest BCUT2D eigenvalue weighted by Crippen LogP contribution is 2.06. The molecule has 0 radical (unpaired) electrons. The van der Waals surface area contributed by atoms with Gasteiger partial charge in [0.15, 0.2) is 0 Å². The number of carbonyl (C=O) groups is 3. The van der Waals surface area contributed by atoms with E-state index in [0.29, 0.717) is 25.8 Å². The van der Waals surface area contributed by atoms with E-state index >= 15 is 0 Å². The molecule has 0 aliphatic carbocycles. The smallest absolute Gasteiger partial charge is 0.322 e. The predicted octanol–water partition coefficient (Wildman–Crippen LogP) is -0.593. The van der Waals surface area contributed by atoms with E-state index in [0.717, 1.165) is 0 Å². The van der Waals surface area contributed by atoms with Crippen LogP contribution in [0.3, 0.4) is 0 Å². The zero-order valence-corrected chi connectivity index (χ0v) is 14.8. The number of hydrogen-bond donors (Lipinski definition) is 5. The van der Waals surface area contributed by atoms with Crippen molar-refractivity contribution >= 4 is 17.8 Å². The van der Waals surface area contributed by atoms with Crippen LogP contribution in [0.5, 0.6) is 0 Å². The first-order valence-corrected chi connectivity index (χ1v) is 8.04. The number of rotatable bonds is 12. The van der Waals surface area contributed by atoms with Crippen molar-refractivity contribution in [3.63, 3.8) is 0 Å². The third kappa shape index (κ3) is 8.80. The van der Waals surface area contributed by atoms with Gasteiger partial charge in [0.25, 0.3) is 0 Å². The fourth-order valence-electron chi connectivity index (χ4n) is 2.20. The molecule has 2 amide bonds. The van der Waals surface area contributed by atoms with Gasteiger partial charge in [-0.2, -0.15) is 5.48 Å². The second-order valence-electron chi connectivity index (χ2n) is 6.23. The van der Waals surface area contributed by atoms with Gasteiger partial charge in [-0.3, -0.25) is 19.3 Å². The molecule has 0 aliphatic heterocycles. The Labute approximate surface area is 142 Å². The Kier molecular flexibility index (Phi) is 10.9. The molecule has 9 nitrogen and oxygen atoms in total. The maximum Gasteiger partial charge on any atom is 0.322 e. The number of hydrogen-bond acceptors (Lipinski definition) is 6. The third-order valence-electron chi connectivity index (χ3n) is 3.63. The van der Waals surface area contributed by atoms with Crippen LogP contribution in [0.25, 0.3) is 0 Å². The van der Waals surface area contributed by atoms with E-state index in [1.54, 1.807) is 19.0 Å². The molecule has 0 aromatic carbocycles. The lowest BCUT2D eigenvalue weighted by atomic mass is 10.0. The van der Waals surface area contributed by atoms with Crippen molar-refractivity contribution in [1.82, 2.24) is 21.0 Å². The summed E-state index contributed by atoms with van der Waals surface area (Å²) in [6.45, 7) is 3.69. The monoisotopic (exact) mass is 346 g/mol. The minimum absolute atomic E-state index is 0.0361. The maximum absolute atomic E-state index is 11.9. The summed E-state index contributed by atoms with van der Waals surface area (Å²) in [5.74, 6) is -1.71. The number of carbonyl (C=O) groups excluding carboxylic acids is 2. The number of carboxylic acids is 1.